The zero-order chi connectivity index (χ0) is 11.7. The van der Waals surface area contributed by atoms with Gasteiger partial charge in [0, 0.05) is 21.4 Å². The van der Waals surface area contributed by atoms with E-state index in [2.05, 4.69) is 0 Å². The van der Waals surface area contributed by atoms with Gasteiger partial charge in [-0.2, -0.15) is 0 Å². The summed E-state index contributed by atoms with van der Waals surface area (Å²) in [5.41, 5.74) is 1.11. The minimum Gasteiger partial charge on any atom is -0.289 e. The van der Waals surface area contributed by atoms with Crippen LogP contribution in [-0.2, 0) is 0 Å². The quantitative estimate of drug-likeness (QED) is 0.730. The number of rotatable bonds is 2. The Bertz CT molecular complexity index is 546. The number of carbonyl (C=O) groups excluding carboxylic acids is 1. The van der Waals surface area contributed by atoms with Gasteiger partial charge in [-0.05, 0) is 25.1 Å². The van der Waals surface area contributed by atoms with Crippen LogP contribution in [-0.4, -0.2) is 5.78 Å². The van der Waals surface area contributed by atoms with Crippen molar-refractivity contribution in [2.75, 3.05) is 0 Å². The minimum atomic E-state index is -0.0862. The van der Waals surface area contributed by atoms with E-state index in [1.165, 1.54) is 0 Å². The van der Waals surface area contributed by atoms with Crippen LogP contribution in [0.2, 0.25) is 10.0 Å². The van der Waals surface area contributed by atoms with Crippen LogP contribution in [0.25, 0.3) is 0 Å². The first kappa shape index (κ1) is 11.6. The molecule has 1 heterocycles. The molecule has 1 aromatic carbocycles. The molecule has 0 amide bonds. The number of benzene rings is 1. The van der Waals surface area contributed by atoms with Crippen LogP contribution in [0.5, 0.6) is 0 Å². The van der Waals surface area contributed by atoms with Crippen molar-refractivity contribution in [1.29, 1.82) is 0 Å². The highest BCUT2D eigenvalue weighted by Gasteiger charge is 2.15. The Morgan fingerprint density at radius 3 is 2.69 bits per heavy atom. The van der Waals surface area contributed by atoms with Crippen molar-refractivity contribution in [2.24, 2.45) is 0 Å². The lowest BCUT2D eigenvalue weighted by atomic mass is 10.1. The summed E-state index contributed by atoms with van der Waals surface area (Å²) in [5, 5.41) is 2.55. The highest BCUT2D eigenvalue weighted by molar-refractivity contribution is 7.10. The molecule has 2 rings (SSSR count). The molecule has 2 aromatic rings. The number of thiophene rings is 1. The molecule has 0 unspecified atom stereocenters. The largest absolute Gasteiger partial charge is 0.289 e. The van der Waals surface area contributed by atoms with E-state index < -0.39 is 0 Å². The summed E-state index contributed by atoms with van der Waals surface area (Å²) >= 11 is 13.4. The predicted octanol–water partition coefficient (Wildman–Crippen LogP) is 4.59. The van der Waals surface area contributed by atoms with Crippen molar-refractivity contribution in [3.8, 4) is 0 Å². The Balaban J connectivity index is 2.45. The minimum absolute atomic E-state index is 0.0862. The van der Waals surface area contributed by atoms with Crippen LogP contribution in [0.4, 0.5) is 0 Å². The van der Waals surface area contributed by atoms with Gasteiger partial charge in [-0.25, -0.2) is 0 Å². The molecule has 0 bridgehead atoms. The second kappa shape index (κ2) is 4.58. The summed E-state index contributed by atoms with van der Waals surface area (Å²) in [7, 11) is 0. The third kappa shape index (κ3) is 2.14. The molecular formula is C12H8Cl2OS. The molecule has 82 valence electrons. The lowest BCUT2D eigenvalue weighted by Gasteiger charge is -2.02. The monoisotopic (exact) mass is 270 g/mol. The Labute approximate surface area is 108 Å². The first-order valence-electron chi connectivity index (χ1n) is 4.63. The van der Waals surface area contributed by atoms with E-state index in [0.717, 1.165) is 4.88 Å². The van der Waals surface area contributed by atoms with E-state index in [9.17, 15) is 4.79 Å². The number of ketones is 1. The summed E-state index contributed by atoms with van der Waals surface area (Å²) in [6, 6.07) is 6.92. The fourth-order valence-electron chi connectivity index (χ4n) is 1.40. The predicted molar refractivity (Wildman–Crippen MR) is 69.0 cm³/mol. The van der Waals surface area contributed by atoms with Gasteiger partial charge in [0.25, 0.3) is 0 Å². The van der Waals surface area contributed by atoms with Crippen molar-refractivity contribution in [3.63, 3.8) is 0 Å². The van der Waals surface area contributed by atoms with Gasteiger partial charge < -0.3 is 0 Å². The normalized spacial score (nSPS) is 10.4. The third-order valence-electron chi connectivity index (χ3n) is 2.19. The Morgan fingerprint density at radius 2 is 2.06 bits per heavy atom. The smallest absolute Gasteiger partial charge is 0.195 e. The van der Waals surface area contributed by atoms with E-state index >= 15 is 0 Å². The molecule has 0 spiro atoms. The van der Waals surface area contributed by atoms with Gasteiger partial charge in [0.05, 0.1) is 10.0 Å². The van der Waals surface area contributed by atoms with Gasteiger partial charge in [0.1, 0.15) is 0 Å². The molecule has 16 heavy (non-hydrogen) atoms. The van der Waals surface area contributed by atoms with Crippen molar-refractivity contribution in [2.45, 2.75) is 6.92 Å². The molecule has 4 heteroatoms. The number of hydrogen-bond acceptors (Lipinski definition) is 2. The number of halogens is 2. The number of hydrogen-bond donors (Lipinski definition) is 0. The summed E-state index contributed by atoms with van der Waals surface area (Å²) < 4.78 is 0. The van der Waals surface area contributed by atoms with Gasteiger partial charge in [-0.1, -0.05) is 29.3 Å². The molecule has 1 nitrogen and oxygen atoms in total. The molecule has 0 radical (unpaired) electrons. The molecule has 0 aliphatic heterocycles. The van der Waals surface area contributed by atoms with Crippen LogP contribution in [0.1, 0.15) is 20.8 Å². The van der Waals surface area contributed by atoms with Crippen LogP contribution in [0, 0.1) is 6.92 Å². The van der Waals surface area contributed by atoms with E-state index in [1.54, 1.807) is 29.5 Å². The van der Waals surface area contributed by atoms with Crippen molar-refractivity contribution >= 4 is 40.3 Å². The average Bonchev–Trinajstić information content (AvgIpc) is 2.68. The molecule has 0 saturated carbocycles. The van der Waals surface area contributed by atoms with Crippen LogP contribution in [0.3, 0.4) is 0 Å². The van der Waals surface area contributed by atoms with Crippen molar-refractivity contribution in [1.82, 2.24) is 0 Å². The topological polar surface area (TPSA) is 17.1 Å². The molecule has 0 fully saturated rings. The third-order valence-corrected chi connectivity index (χ3v) is 3.87. The van der Waals surface area contributed by atoms with Crippen molar-refractivity contribution in [3.05, 3.63) is 55.7 Å². The van der Waals surface area contributed by atoms with E-state index in [-0.39, 0.29) is 5.78 Å². The fourth-order valence-corrected chi connectivity index (χ4v) is 2.47. The summed E-state index contributed by atoms with van der Waals surface area (Å²) in [5.74, 6) is -0.0862. The highest BCUT2D eigenvalue weighted by atomic mass is 35.5. The molecule has 1 aromatic heterocycles. The number of carbonyl (C=O) groups is 1. The van der Waals surface area contributed by atoms with Crippen LogP contribution >= 0.6 is 34.5 Å². The Morgan fingerprint density at radius 1 is 1.31 bits per heavy atom. The van der Waals surface area contributed by atoms with Crippen LogP contribution < -0.4 is 0 Å². The van der Waals surface area contributed by atoms with Gasteiger partial charge in [0.2, 0.25) is 0 Å². The highest BCUT2D eigenvalue weighted by Crippen LogP contribution is 2.28. The maximum Gasteiger partial charge on any atom is 0.195 e. The second-order valence-corrected chi connectivity index (χ2v) is 5.28. The summed E-state index contributed by atoms with van der Waals surface area (Å²) in [4.78, 5) is 13.2. The average molecular weight is 271 g/mol. The maximum absolute atomic E-state index is 12.1. The van der Waals surface area contributed by atoms with Gasteiger partial charge in [0.15, 0.2) is 5.78 Å². The molecule has 0 saturated heterocycles. The first-order chi connectivity index (χ1) is 7.59. The molecule has 0 atom stereocenters. The van der Waals surface area contributed by atoms with E-state index in [0.29, 0.717) is 21.2 Å². The lowest BCUT2D eigenvalue weighted by Crippen LogP contribution is -2.00. The molecular weight excluding hydrogens is 263 g/mol. The first-order valence-corrected chi connectivity index (χ1v) is 6.27. The Kier molecular flexibility index (Phi) is 3.33. The van der Waals surface area contributed by atoms with E-state index in [4.69, 9.17) is 23.2 Å². The fraction of sp³-hybridized carbons (Fsp3) is 0.0833. The second-order valence-electron chi connectivity index (χ2n) is 3.38. The summed E-state index contributed by atoms with van der Waals surface area (Å²) in [6.45, 7) is 1.96. The van der Waals surface area contributed by atoms with Crippen LogP contribution in [0.15, 0.2) is 29.6 Å². The molecule has 0 aliphatic rings. The van der Waals surface area contributed by atoms with Gasteiger partial charge >= 0.3 is 0 Å². The van der Waals surface area contributed by atoms with Gasteiger partial charge in [-0.3, -0.25) is 4.79 Å². The Hall–Kier alpha value is -0.830. The SMILES string of the molecule is Cc1cc(C(=O)c2cccc(Cl)c2Cl)cs1. The van der Waals surface area contributed by atoms with Crippen molar-refractivity contribution < 1.29 is 4.79 Å². The summed E-state index contributed by atoms with van der Waals surface area (Å²) in [6.07, 6.45) is 0. The number of aryl methyl sites for hydroxylation is 1. The molecule has 0 aliphatic carbocycles. The standard InChI is InChI=1S/C12H8Cl2OS/c1-7-5-8(6-16-7)12(15)9-3-2-4-10(13)11(9)14/h2-6H,1H3. The zero-order valence-electron chi connectivity index (χ0n) is 8.46. The molecule has 0 N–H and O–H groups in total. The zero-order valence-corrected chi connectivity index (χ0v) is 10.8. The van der Waals surface area contributed by atoms with Gasteiger partial charge in [-0.15, -0.1) is 11.3 Å². The van der Waals surface area contributed by atoms with E-state index in [1.807, 2.05) is 18.4 Å². The lowest BCUT2D eigenvalue weighted by molar-refractivity contribution is 0.103. The maximum atomic E-state index is 12.1.